The SMILES string of the molecule is CCCCN1CCCC[C@H]1c1cccnc1OCC. The van der Waals surface area contributed by atoms with Crippen LogP contribution in [0.25, 0.3) is 0 Å². The van der Waals surface area contributed by atoms with Gasteiger partial charge in [-0.3, -0.25) is 4.90 Å². The zero-order chi connectivity index (χ0) is 13.5. The second kappa shape index (κ2) is 7.49. The third-order valence-electron chi connectivity index (χ3n) is 3.85. The van der Waals surface area contributed by atoms with Gasteiger partial charge in [0.15, 0.2) is 0 Å². The summed E-state index contributed by atoms with van der Waals surface area (Å²) in [6, 6.07) is 4.72. The summed E-state index contributed by atoms with van der Waals surface area (Å²) in [5.74, 6) is 0.832. The molecule has 1 aromatic rings. The Morgan fingerprint density at radius 1 is 1.37 bits per heavy atom. The molecule has 0 aromatic carbocycles. The summed E-state index contributed by atoms with van der Waals surface area (Å²) < 4.78 is 5.71. The Balaban J connectivity index is 2.16. The zero-order valence-corrected chi connectivity index (χ0v) is 12.3. The fourth-order valence-electron chi connectivity index (χ4n) is 2.89. The Kier molecular flexibility index (Phi) is 5.64. The monoisotopic (exact) mass is 262 g/mol. The molecule has 3 nitrogen and oxygen atoms in total. The number of ether oxygens (including phenoxy) is 1. The molecule has 0 unspecified atom stereocenters. The summed E-state index contributed by atoms with van der Waals surface area (Å²) in [6.07, 6.45) is 8.23. The Hall–Kier alpha value is -1.09. The molecule has 19 heavy (non-hydrogen) atoms. The molecule has 2 rings (SSSR count). The van der Waals surface area contributed by atoms with Gasteiger partial charge in [0.25, 0.3) is 0 Å². The summed E-state index contributed by atoms with van der Waals surface area (Å²) in [5, 5.41) is 0. The maximum absolute atomic E-state index is 5.71. The lowest BCUT2D eigenvalue weighted by atomic mass is 9.95. The molecule has 2 heterocycles. The van der Waals surface area contributed by atoms with Crippen LogP contribution < -0.4 is 4.74 Å². The highest BCUT2D eigenvalue weighted by Crippen LogP contribution is 2.35. The number of hydrogen-bond acceptors (Lipinski definition) is 3. The van der Waals surface area contributed by atoms with Gasteiger partial charge < -0.3 is 4.74 Å². The third kappa shape index (κ3) is 3.69. The van der Waals surface area contributed by atoms with Gasteiger partial charge in [-0.05, 0) is 45.3 Å². The second-order valence-electron chi connectivity index (χ2n) is 5.23. The highest BCUT2D eigenvalue weighted by molar-refractivity contribution is 5.29. The van der Waals surface area contributed by atoms with E-state index in [4.69, 9.17) is 4.74 Å². The summed E-state index contributed by atoms with van der Waals surface area (Å²) in [7, 11) is 0. The van der Waals surface area contributed by atoms with Gasteiger partial charge in [0.05, 0.1) is 6.61 Å². The first kappa shape index (κ1) is 14.3. The van der Waals surface area contributed by atoms with Gasteiger partial charge in [-0.2, -0.15) is 0 Å². The maximum Gasteiger partial charge on any atom is 0.218 e. The molecule has 1 saturated heterocycles. The van der Waals surface area contributed by atoms with E-state index in [2.05, 4.69) is 22.9 Å². The van der Waals surface area contributed by atoms with Crippen LogP contribution in [0.1, 0.15) is 57.6 Å². The van der Waals surface area contributed by atoms with E-state index in [0.29, 0.717) is 12.6 Å². The van der Waals surface area contributed by atoms with Crippen LogP contribution in [0.4, 0.5) is 0 Å². The van der Waals surface area contributed by atoms with Crippen LogP contribution in [0.15, 0.2) is 18.3 Å². The lowest BCUT2D eigenvalue weighted by Gasteiger charge is -2.36. The van der Waals surface area contributed by atoms with Crippen molar-refractivity contribution >= 4 is 0 Å². The maximum atomic E-state index is 5.71. The van der Waals surface area contributed by atoms with Crippen molar-refractivity contribution in [3.8, 4) is 5.88 Å². The zero-order valence-electron chi connectivity index (χ0n) is 12.3. The van der Waals surface area contributed by atoms with E-state index in [1.54, 1.807) is 0 Å². The van der Waals surface area contributed by atoms with E-state index in [1.165, 1.54) is 50.8 Å². The van der Waals surface area contributed by atoms with E-state index in [-0.39, 0.29) is 0 Å². The Morgan fingerprint density at radius 3 is 3.05 bits per heavy atom. The molecule has 1 aliphatic heterocycles. The lowest BCUT2D eigenvalue weighted by Crippen LogP contribution is -2.34. The van der Waals surface area contributed by atoms with Crippen LogP contribution in [0.2, 0.25) is 0 Å². The summed E-state index contributed by atoms with van der Waals surface area (Å²) in [6.45, 7) is 7.38. The van der Waals surface area contributed by atoms with Crippen LogP contribution in [0.5, 0.6) is 5.88 Å². The highest BCUT2D eigenvalue weighted by atomic mass is 16.5. The van der Waals surface area contributed by atoms with Crippen molar-refractivity contribution in [2.45, 2.75) is 52.0 Å². The minimum absolute atomic E-state index is 0.496. The third-order valence-corrected chi connectivity index (χ3v) is 3.85. The largest absolute Gasteiger partial charge is 0.478 e. The summed E-state index contributed by atoms with van der Waals surface area (Å²) >= 11 is 0. The molecule has 3 heteroatoms. The van der Waals surface area contributed by atoms with E-state index in [1.807, 2.05) is 19.2 Å². The molecule has 0 spiro atoms. The number of pyridine rings is 1. The number of aromatic nitrogens is 1. The lowest BCUT2D eigenvalue weighted by molar-refractivity contribution is 0.142. The summed E-state index contributed by atoms with van der Waals surface area (Å²) in [5.41, 5.74) is 1.28. The Labute approximate surface area is 117 Å². The standard InChI is InChI=1S/C16H26N2O/c1-3-5-12-18-13-7-6-10-15(18)14-9-8-11-17-16(14)19-4-2/h8-9,11,15H,3-7,10,12-13H2,1-2H3/t15-/m0/s1. The van der Waals surface area contributed by atoms with Gasteiger partial charge in [-0.25, -0.2) is 4.98 Å². The molecular weight excluding hydrogens is 236 g/mol. The normalized spacial score (nSPS) is 20.4. The van der Waals surface area contributed by atoms with Gasteiger partial charge in [0.2, 0.25) is 5.88 Å². The first-order valence-electron chi connectivity index (χ1n) is 7.68. The molecule has 0 radical (unpaired) electrons. The average molecular weight is 262 g/mol. The molecule has 0 amide bonds. The molecular formula is C16H26N2O. The molecule has 1 fully saturated rings. The summed E-state index contributed by atoms with van der Waals surface area (Å²) in [4.78, 5) is 7.03. The van der Waals surface area contributed by atoms with Crippen molar-refractivity contribution in [1.29, 1.82) is 0 Å². The van der Waals surface area contributed by atoms with Gasteiger partial charge in [-0.15, -0.1) is 0 Å². The van der Waals surface area contributed by atoms with E-state index in [9.17, 15) is 0 Å². The topological polar surface area (TPSA) is 25.4 Å². The van der Waals surface area contributed by atoms with Crippen LogP contribution in [0.3, 0.4) is 0 Å². The minimum atomic E-state index is 0.496. The Bertz CT molecular complexity index is 381. The van der Waals surface area contributed by atoms with Crippen molar-refractivity contribution < 1.29 is 4.74 Å². The fourth-order valence-corrected chi connectivity index (χ4v) is 2.89. The van der Waals surface area contributed by atoms with Crippen LogP contribution in [-0.2, 0) is 0 Å². The molecule has 0 saturated carbocycles. The van der Waals surface area contributed by atoms with E-state index >= 15 is 0 Å². The fraction of sp³-hybridized carbons (Fsp3) is 0.688. The van der Waals surface area contributed by atoms with Crippen molar-refractivity contribution in [1.82, 2.24) is 9.88 Å². The molecule has 1 aliphatic rings. The first-order valence-corrected chi connectivity index (χ1v) is 7.68. The molecule has 0 aliphatic carbocycles. The highest BCUT2D eigenvalue weighted by Gasteiger charge is 2.26. The van der Waals surface area contributed by atoms with Crippen LogP contribution >= 0.6 is 0 Å². The van der Waals surface area contributed by atoms with Crippen LogP contribution in [-0.4, -0.2) is 29.6 Å². The average Bonchev–Trinajstić information content (AvgIpc) is 2.46. The van der Waals surface area contributed by atoms with Gasteiger partial charge in [0, 0.05) is 17.8 Å². The van der Waals surface area contributed by atoms with E-state index < -0.39 is 0 Å². The minimum Gasteiger partial charge on any atom is -0.478 e. The smallest absolute Gasteiger partial charge is 0.218 e. The predicted molar refractivity (Wildman–Crippen MR) is 78.5 cm³/mol. The second-order valence-corrected chi connectivity index (χ2v) is 5.23. The van der Waals surface area contributed by atoms with E-state index in [0.717, 1.165) is 5.88 Å². The first-order chi connectivity index (χ1) is 9.36. The number of unbranched alkanes of at least 4 members (excludes halogenated alkanes) is 1. The van der Waals surface area contributed by atoms with Crippen LogP contribution in [0, 0.1) is 0 Å². The van der Waals surface area contributed by atoms with Crippen molar-refractivity contribution in [2.75, 3.05) is 19.7 Å². The quantitative estimate of drug-likeness (QED) is 0.779. The van der Waals surface area contributed by atoms with Crippen molar-refractivity contribution in [3.05, 3.63) is 23.9 Å². The molecule has 1 atom stereocenters. The number of nitrogens with zero attached hydrogens (tertiary/aromatic N) is 2. The molecule has 0 N–H and O–H groups in total. The van der Waals surface area contributed by atoms with Gasteiger partial charge >= 0.3 is 0 Å². The number of rotatable bonds is 6. The number of hydrogen-bond donors (Lipinski definition) is 0. The van der Waals surface area contributed by atoms with Gasteiger partial charge in [0.1, 0.15) is 0 Å². The van der Waals surface area contributed by atoms with Crippen molar-refractivity contribution in [2.24, 2.45) is 0 Å². The van der Waals surface area contributed by atoms with Crippen molar-refractivity contribution in [3.63, 3.8) is 0 Å². The number of piperidine rings is 1. The number of likely N-dealkylation sites (tertiary alicyclic amines) is 1. The Morgan fingerprint density at radius 2 is 2.26 bits per heavy atom. The molecule has 1 aromatic heterocycles. The molecule has 0 bridgehead atoms. The van der Waals surface area contributed by atoms with Gasteiger partial charge in [-0.1, -0.05) is 25.8 Å². The predicted octanol–water partition coefficient (Wildman–Crippen LogP) is 3.81. The molecule has 106 valence electrons.